The van der Waals surface area contributed by atoms with Crippen LogP contribution < -0.4 is 0 Å². The number of rotatable bonds is 15. The van der Waals surface area contributed by atoms with Gasteiger partial charge in [0.25, 0.3) is 0 Å². The van der Waals surface area contributed by atoms with Gasteiger partial charge in [-0.2, -0.15) is 0 Å². The standard InChI is InChI=1S/C17H34O3/c1-16(17(19)20)14-12-10-8-6-4-2-3-5-7-9-11-13-15-18/h16,18H,2-15H2,1H3,(H,19,20). The van der Waals surface area contributed by atoms with Gasteiger partial charge in [0.05, 0.1) is 5.92 Å². The van der Waals surface area contributed by atoms with E-state index < -0.39 is 5.97 Å². The Hall–Kier alpha value is -0.570. The van der Waals surface area contributed by atoms with Crippen LogP contribution in [0.5, 0.6) is 0 Å². The largest absolute Gasteiger partial charge is 0.481 e. The Morgan fingerprint density at radius 1 is 0.750 bits per heavy atom. The number of carboxylic acid groups (broad SMARTS) is 1. The van der Waals surface area contributed by atoms with Crippen molar-refractivity contribution in [1.29, 1.82) is 0 Å². The van der Waals surface area contributed by atoms with Crippen LogP contribution in [0.3, 0.4) is 0 Å². The quantitative estimate of drug-likeness (QED) is 0.426. The Balaban J connectivity index is 3.04. The number of aliphatic hydroxyl groups excluding tert-OH is 1. The first-order valence-electron chi connectivity index (χ1n) is 8.52. The lowest BCUT2D eigenvalue weighted by Gasteiger charge is -2.05. The summed E-state index contributed by atoms with van der Waals surface area (Å²) in [7, 11) is 0. The lowest BCUT2D eigenvalue weighted by atomic mass is 10.0. The predicted octanol–water partition coefficient (Wildman–Crippen LogP) is 4.77. The van der Waals surface area contributed by atoms with Crippen LogP contribution in [0, 0.1) is 5.92 Å². The van der Waals surface area contributed by atoms with E-state index in [4.69, 9.17) is 10.2 Å². The van der Waals surface area contributed by atoms with Gasteiger partial charge in [-0.25, -0.2) is 0 Å². The Kier molecular flexibility index (Phi) is 14.4. The molecule has 0 amide bonds. The highest BCUT2D eigenvalue weighted by Gasteiger charge is 2.09. The van der Waals surface area contributed by atoms with Crippen LogP contribution in [0.25, 0.3) is 0 Å². The van der Waals surface area contributed by atoms with Crippen molar-refractivity contribution in [2.24, 2.45) is 5.92 Å². The van der Waals surface area contributed by atoms with Crippen LogP contribution in [-0.4, -0.2) is 22.8 Å². The molecule has 1 atom stereocenters. The smallest absolute Gasteiger partial charge is 0.306 e. The number of carbonyl (C=O) groups is 1. The molecule has 3 nitrogen and oxygen atoms in total. The van der Waals surface area contributed by atoms with E-state index >= 15 is 0 Å². The summed E-state index contributed by atoms with van der Waals surface area (Å²) in [5, 5.41) is 17.4. The zero-order chi connectivity index (χ0) is 15.1. The van der Waals surface area contributed by atoms with Gasteiger partial charge in [0.2, 0.25) is 0 Å². The number of hydrogen-bond donors (Lipinski definition) is 2. The lowest BCUT2D eigenvalue weighted by molar-refractivity contribution is -0.141. The molecule has 0 saturated heterocycles. The van der Waals surface area contributed by atoms with Crippen molar-refractivity contribution in [3.05, 3.63) is 0 Å². The fourth-order valence-corrected chi connectivity index (χ4v) is 2.45. The van der Waals surface area contributed by atoms with Gasteiger partial charge in [0.1, 0.15) is 0 Å². The molecule has 0 aliphatic rings. The van der Waals surface area contributed by atoms with Crippen molar-refractivity contribution in [2.45, 2.75) is 90.4 Å². The highest BCUT2D eigenvalue weighted by atomic mass is 16.4. The van der Waals surface area contributed by atoms with Gasteiger partial charge < -0.3 is 10.2 Å². The Bertz CT molecular complexity index is 216. The third-order valence-corrected chi connectivity index (χ3v) is 3.97. The minimum atomic E-state index is -0.663. The van der Waals surface area contributed by atoms with E-state index in [0.717, 1.165) is 19.3 Å². The van der Waals surface area contributed by atoms with Gasteiger partial charge in [0, 0.05) is 6.61 Å². The summed E-state index contributed by atoms with van der Waals surface area (Å²) in [6.07, 6.45) is 15.7. The summed E-state index contributed by atoms with van der Waals surface area (Å²) in [6, 6.07) is 0. The zero-order valence-corrected chi connectivity index (χ0v) is 13.3. The van der Waals surface area contributed by atoms with Gasteiger partial charge in [-0.15, -0.1) is 0 Å². The van der Waals surface area contributed by atoms with Crippen LogP contribution in [0.2, 0.25) is 0 Å². The first-order chi connectivity index (χ1) is 9.68. The van der Waals surface area contributed by atoms with Gasteiger partial charge in [-0.3, -0.25) is 4.79 Å². The summed E-state index contributed by atoms with van der Waals surface area (Å²) < 4.78 is 0. The van der Waals surface area contributed by atoms with E-state index in [1.807, 2.05) is 0 Å². The maximum Gasteiger partial charge on any atom is 0.306 e. The molecule has 0 heterocycles. The van der Waals surface area contributed by atoms with Crippen molar-refractivity contribution < 1.29 is 15.0 Å². The van der Waals surface area contributed by atoms with Crippen LogP contribution in [0.1, 0.15) is 90.4 Å². The lowest BCUT2D eigenvalue weighted by Crippen LogP contribution is -2.08. The number of hydrogen-bond acceptors (Lipinski definition) is 2. The highest BCUT2D eigenvalue weighted by molar-refractivity contribution is 5.69. The molecule has 0 bridgehead atoms. The second-order valence-corrected chi connectivity index (χ2v) is 5.99. The summed E-state index contributed by atoms with van der Waals surface area (Å²) >= 11 is 0. The van der Waals surface area contributed by atoms with Crippen LogP contribution >= 0.6 is 0 Å². The van der Waals surface area contributed by atoms with E-state index in [9.17, 15) is 4.79 Å². The molecule has 0 aliphatic carbocycles. The first-order valence-corrected chi connectivity index (χ1v) is 8.52. The summed E-state index contributed by atoms with van der Waals surface area (Å²) in [5.41, 5.74) is 0. The molecule has 3 heteroatoms. The zero-order valence-electron chi connectivity index (χ0n) is 13.3. The Morgan fingerprint density at radius 2 is 1.10 bits per heavy atom. The molecular weight excluding hydrogens is 252 g/mol. The van der Waals surface area contributed by atoms with E-state index in [1.165, 1.54) is 64.2 Å². The van der Waals surface area contributed by atoms with Gasteiger partial charge in [0.15, 0.2) is 0 Å². The number of aliphatic carboxylic acids is 1. The Morgan fingerprint density at radius 3 is 1.45 bits per heavy atom. The van der Waals surface area contributed by atoms with Crippen LogP contribution in [0.15, 0.2) is 0 Å². The molecule has 0 radical (unpaired) electrons. The van der Waals surface area contributed by atoms with Crippen molar-refractivity contribution in [3.63, 3.8) is 0 Å². The van der Waals surface area contributed by atoms with E-state index in [1.54, 1.807) is 6.92 Å². The highest BCUT2D eigenvalue weighted by Crippen LogP contribution is 2.14. The second-order valence-electron chi connectivity index (χ2n) is 5.99. The average Bonchev–Trinajstić information content (AvgIpc) is 2.43. The number of carboxylic acids is 1. The molecule has 0 fully saturated rings. The molecule has 0 rings (SSSR count). The summed E-state index contributed by atoms with van der Waals surface area (Å²) in [5.74, 6) is -0.843. The first kappa shape index (κ1) is 19.4. The monoisotopic (exact) mass is 286 g/mol. The van der Waals surface area contributed by atoms with Gasteiger partial charge in [-0.05, 0) is 12.8 Å². The number of aliphatic hydroxyl groups is 1. The summed E-state index contributed by atoms with van der Waals surface area (Å²) in [6.45, 7) is 2.13. The molecule has 0 aromatic carbocycles. The summed E-state index contributed by atoms with van der Waals surface area (Å²) in [4.78, 5) is 10.6. The molecule has 0 aliphatic heterocycles. The molecule has 2 N–H and O–H groups in total. The van der Waals surface area contributed by atoms with Crippen molar-refractivity contribution >= 4 is 5.97 Å². The molecule has 0 spiro atoms. The molecule has 120 valence electrons. The molecule has 0 aromatic heterocycles. The van der Waals surface area contributed by atoms with Crippen molar-refractivity contribution in [2.75, 3.05) is 6.61 Å². The average molecular weight is 286 g/mol. The molecule has 20 heavy (non-hydrogen) atoms. The molecule has 0 saturated carbocycles. The normalized spacial score (nSPS) is 12.5. The maximum atomic E-state index is 10.6. The SMILES string of the molecule is CC(CCCCCCCCCCCCCCO)C(=O)O. The Labute approximate surface area is 124 Å². The minimum Gasteiger partial charge on any atom is -0.481 e. The van der Waals surface area contributed by atoms with Crippen LogP contribution in [0.4, 0.5) is 0 Å². The molecule has 0 aromatic rings. The third-order valence-electron chi connectivity index (χ3n) is 3.97. The third kappa shape index (κ3) is 13.9. The van der Waals surface area contributed by atoms with E-state index in [2.05, 4.69) is 0 Å². The van der Waals surface area contributed by atoms with Crippen molar-refractivity contribution in [1.82, 2.24) is 0 Å². The van der Waals surface area contributed by atoms with Gasteiger partial charge >= 0.3 is 5.97 Å². The van der Waals surface area contributed by atoms with Gasteiger partial charge in [-0.1, -0.05) is 77.6 Å². The van der Waals surface area contributed by atoms with Crippen molar-refractivity contribution in [3.8, 4) is 0 Å². The predicted molar refractivity (Wildman–Crippen MR) is 83.9 cm³/mol. The second kappa shape index (κ2) is 14.8. The molecular formula is C17H34O3. The van der Waals surface area contributed by atoms with Crippen LogP contribution in [-0.2, 0) is 4.79 Å². The van der Waals surface area contributed by atoms with E-state index in [0.29, 0.717) is 6.61 Å². The molecule has 1 unspecified atom stereocenters. The number of unbranched alkanes of at least 4 members (excludes halogenated alkanes) is 11. The maximum absolute atomic E-state index is 10.6. The topological polar surface area (TPSA) is 57.5 Å². The minimum absolute atomic E-state index is 0.180. The fourth-order valence-electron chi connectivity index (χ4n) is 2.45. The fraction of sp³-hybridized carbons (Fsp3) is 0.941. The van der Waals surface area contributed by atoms with E-state index in [-0.39, 0.29) is 5.92 Å².